The summed E-state index contributed by atoms with van der Waals surface area (Å²) in [7, 11) is 3.35. The Labute approximate surface area is 190 Å². The Bertz CT molecular complexity index is 1220. The molecule has 1 aromatic heterocycles. The monoisotopic (exact) mass is 451 g/mol. The summed E-state index contributed by atoms with van der Waals surface area (Å²) < 4.78 is 36.4. The highest BCUT2D eigenvalue weighted by atomic mass is 19.1. The fraction of sp³-hybridized carbons (Fsp3) is 0.292. The second-order valence-corrected chi connectivity index (χ2v) is 7.79. The molecule has 0 spiro atoms. The number of rotatable bonds is 5. The predicted octanol–water partition coefficient (Wildman–Crippen LogP) is 3.52. The number of nitrogens with one attached hydrogen (secondary N) is 1. The minimum Gasteiger partial charge on any atom is -0.497 e. The molecule has 1 aliphatic rings. The summed E-state index contributed by atoms with van der Waals surface area (Å²) in [6, 6.07) is 12.4. The van der Waals surface area contributed by atoms with Gasteiger partial charge in [-0.15, -0.1) is 0 Å². The van der Waals surface area contributed by atoms with E-state index in [1.807, 2.05) is 7.05 Å². The van der Waals surface area contributed by atoms with Gasteiger partial charge in [-0.3, -0.25) is 9.36 Å². The zero-order valence-electron chi connectivity index (χ0n) is 18.3. The molecule has 7 nitrogen and oxygen atoms in total. The van der Waals surface area contributed by atoms with Crippen LogP contribution in [0.1, 0.15) is 28.9 Å². The summed E-state index contributed by atoms with van der Waals surface area (Å²) in [4.78, 5) is 19.1. The smallest absolute Gasteiger partial charge is 0.277 e. The Morgan fingerprint density at radius 2 is 2.00 bits per heavy atom. The molecule has 1 atom stereocenters. The third-order valence-corrected chi connectivity index (χ3v) is 5.82. The van der Waals surface area contributed by atoms with Crippen LogP contribution in [0.4, 0.5) is 8.78 Å². The molecule has 0 aliphatic carbocycles. The van der Waals surface area contributed by atoms with Gasteiger partial charge in [-0.2, -0.15) is 9.65 Å². The number of aromatic nitrogens is 2. The van der Waals surface area contributed by atoms with Crippen LogP contribution in [0, 0.1) is 23.1 Å². The van der Waals surface area contributed by atoms with Crippen molar-refractivity contribution in [1.29, 1.82) is 5.26 Å². The first-order chi connectivity index (χ1) is 16.0. The van der Waals surface area contributed by atoms with Crippen LogP contribution in [-0.4, -0.2) is 53.6 Å². The number of carbonyl (C=O) groups is 1. The molecule has 1 aliphatic heterocycles. The third-order valence-electron chi connectivity index (χ3n) is 5.82. The predicted molar refractivity (Wildman–Crippen MR) is 118 cm³/mol. The van der Waals surface area contributed by atoms with Crippen molar-refractivity contribution in [3.63, 3.8) is 0 Å². The summed E-state index contributed by atoms with van der Waals surface area (Å²) in [6.07, 6.45) is 1.73. The highest BCUT2D eigenvalue weighted by Gasteiger charge is 2.31. The second kappa shape index (κ2) is 9.38. The molecular weight excluding hydrogens is 428 g/mol. The van der Waals surface area contributed by atoms with Crippen molar-refractivity contribution < 1.29 is 18.3 Å². The number of likely N-dealkylation sites (N-methyl/N-ethyl adjacent to an activating group) is 1. The van der Waals surface area contributed by atoms with Gasteiger partial charge in [0.2, 0.25) is 5.95 Å². The second-order valence-electron chi connectivity index (χ2n) is 7.79. The van der Waals surface area contributed by atoms with Gasteiger partial charge in [0, 0.05) is 24.7 Å². The van der Waals surface area contributed by atoms with E-state index in [0.717, 1.165) is 18.9 Å². The molecule has 0 unspecified atom stereocenters. The number of nitriles is 1. The van der Waals surface area contributed by atoms with Crippen LogP contribution in [0.2, 0.25) is 0 Å². The van der Waals surface area contributed by atoms with E-state index < -0.39 is 17.7 Å². The Morgan fingerprint density at radius 1 is 1.24 bits per heavy atom. The molecule has 0 saturated carbocycles. The SMILES string of the molecule is CN[C@@H]1CCCN(C(=O)c2nc(-c3ccc(C#N)c(F)c3)n(-c3ccc(OC)cc3)c2F)C1. The van der Waals surface area contributed by atoms with Gasteiger partial charge in [0.15, 0.2) is 5.69 Å². The van der Waals surface area contributed by atoms with E-state index in [1.165, 1.54) is 23.8 Å². The first-order valence-corrected chi connectivity index (χ1v) is 10.6. The molecule has 0 bridgehead atoms. The van der Waals surface area contributed by atoms with Gasteiger partial charge in [-0.05, 0) is 62.4 Å². The first-order valence-electron chi connectivity index (χ1n) is 10.6. The molecule has 0 radical (unpaired) electrons. The van der Waals surface area contributed by atoms with E-state index in [2.05, 4.69) is 10.3 Å². The molecule has 33 heavy (non-hydrogen) atoms. The molecule has 9 heteroatoms. The van der Waals surface area contributed by atoms with Crippen LogP contribution in [-0.2, 0) is 0 Å². The Kier molecular flexibility index (Phi) is 6.38. The van der Waals surface area contributed by atoms with Gasteiger partial charge in [0.1, 0.15) is 23.5 Å². The van der Waals surface area contributed by atoms with E-state index >= 15 is 4.39 Å². The van der Waals surface area contributed by atoms with Crippen molar-refractivity contribution in [2.45, 2.75) is 18.9 Å². The number of ether oxygens (including phenoxy) is 1. The summed E-state index contributed by atoms with van der Waals surface area (Å²) in [5, 5.41) is 12.2. The summed E-state index contributed by atoms with van der Waals surface area (Å²) in [5.74, 6) is -1.47. The number of amides is 1. The Balaban J connectivity index is 1.83. The van der Waals surface area contributed by atoms with Crippen molar-refractivity contribution in [2.75, 3.05) is 27.2 Å². The number of imidazole rings is 1. The van der Waals surface area contributed by atoms with E-state index in [4.69, 9.17) is 10.00 Å². The van der Waals surface area contributed by atoms with Crippen molar-refractivity contribution >= 4 is 5.91 Å². The van der Waals surface area contributed by atoms with E-state index in [0.29, 0.717) is 24.5 Å². The number of hydrogen-bond acceptors (Lipinski definition) is 5. The largest absolute Gasteiger partial charge is 0.497 e. The quantitative estimate of drug-likeness (QED) is 0.642. The maximum absolute atomic E-state index is 15.7. The molecule has 1 amide bonds. The van der Waals surface area contributed by atoms with E-state index in [-0.39, 0.29) is 28.7 Å². The van der Waals surface area contributed by atoms with Gasteiger partial charge < -0.3 is 15.0 Å². The highest BCUT2D eigenvalue weighted by molar-refractivity contribution is 5.93. The maximum atomic E-state index is 15.7. The average Bonchev–Trinajstić information content (AvgIpc) is 3.20. The van der Waals surface area contributed by atoms with Crippen molar-refractivity contribution in [3.8, 4) is 28.9 Å². The normalized spacial score (nSPS) is 15.8. The average molecular weight is 451 g/mol. The van der Waals surface area contributed by atoms with Crippen molar-refractivity contribution in [3.05, 3.63) is 65.5 Å². The number of carbonyl (C=O) groups excluding carboxylic acids is 1. The molecule has 2 heterocycles. The lowest BCUT2D eigenvalue weighted by atomic mass is 10.1. The van der Waals surface area contributed by atoms with Crippen LogP contribution in [0.3, 0.4) is 0 Å². The van der Waals surface area contributed by atoms with Crippen LogP contribution in [0.15, 0.2) is 42.5 Å². The molecule has 1 fully saturated rings. The van der Waals surface area contributed by atoms with Gasteiger partial charge in [0.25, 0.3) is 5.91 Å². The Hall–Kier alpha value is -3.77. The molecule has 1 N–H and O–H groups in total. The minimum atomic E-state index is -0.837. The summed E-state index contributed by atoms with van der Waals surface area (Å²) in [6.45, 7) is 0.956. The van der Waals surface area contributed by atoms with Gasteiger partial charge >= 0.3 is 0 Å². The van der Waals surface area contributed by atoms with Crippen LogP contribution < -0.4 is 10.1 Å². The number of likely N-dealkylation sites (tertiary alicyclic amines) is 1. The fourth-order valence-corrected chi connectivity index (χ4v) is 3.99. The highest BCUT2D eigenvalue weighted by Crippen LogP contribution is 2.29. The van der Waals surface area contributed by atoms with Crippen LogP contribution >= 0.6 is 0 Å². The van der Waals surface area contributed by atoms with Crippen LogP contribution in [0.25, 0.3) is 17.1 Å². The van der Waals surface area contributed by atoms with Crippen molar-refractivity contribution in [2.24, 2.45) is 0 Å². The standard InChI is InChI=1S/C24H23F2N5O2/c1-28-17-4-3-11-30(14-17)24(32)21-22(26)31(18-7-9-19(33-2)10-8-18)23(29-21)15-5-6-16(13-27)20(25)12-15/h5-10,12,17,28H,3-4,11,14H2,1-2H3/t17-/m1/s1. The minimum absolute atomic E-state index is 0.0617. The number of hydrogen-bond donors (Lipinski definition) is 1. The van der Waals surface area contributed by atoms with E-state index in [9.17, 15) is 9.18 Å². The molecule has 1 saturated heterocycles. The lowest BCUT2D eigenvalue weighted by Gasteiger charge is -2.32. The lowest BCUT2D eigenvalue weighted by molar-refractivity contribution is 0.0687. The van der Waals surface area contributed by atoms with Gasteiger partial charge in [-0.25, -0.2) is 9.37 Å². The lowest BCUT2D eigenvalue weighted by Crippen LogP contribution is -2.47. The summed E-state index contributed by atoms with van der Waals surface area (Å²) in [5.41, 5.74) is 0.171. The number of halogens is 2. The van der Waals surface area contributed by atoms with E-state index in [1.54, 1.807) is 35.2 Å². The first kappa shape index (κ1) is 22.4. The number of nitrogens with zero attached hydrogens (tertiary/aromatic N) is 4. The summed E-state index contributed by atoms with van der Waals surface area (Å²) >= 11 is 0. The zero-order chi connectivity index (χ0) is 23.5. The molecule has 3 aromatic rings. The Morgan fingerprint density at radius 3 is 2.64 bits per heavy atom. The van der Waals surface area contributed by atoms with Crippen LogP contribution in [0.5, 0.6) is 5.75 Å². The molecule has 4 rings (SSSR count). The molecule has 170 valence electrons. The number of piperidine rings is 1. The van der Waals surface area contributed by atoms with Gasteiger partial charge in [0.05, 0.1) is 18.4 Å². The number of benzene rings is 2. The topological polar surface area (TPSA) is 83.2 Å². The number of methoxy groups -OCH3 is 1. The zero-order valence-corrected chi connectivity index (χ0v) is 18.3. The molecule has 2 aromatic carbocycles. The maximum Gasteiger partial charge on any atom is 0.277 e. The van der Waals surface area contributed by atoms with Crippen molar-refractivity contribution in [1.82, 2.24) is 19.8 Å². The third kappa shape index (κ3) is 4.30. The molecular formula is C24H23F2N5O2. The van der Waals surface area contributed by atoms with Gasteiger partial charge in [-0.1, -0.05) is 0 Å². The fourth-order valence-electron chi connectivity index (χ4n) is 3.99.